The van der Waals surface area contributed by atoms with Crippen LogP contribution in [-0.2, 0) is 12.8 Å². The topological polar surface area (TPSA) is 60.7 Å². The minimum Gasteiger partial charge on any atom is -0.508 e. The standard InChI is InChI=1S/C33H40O3/c34-30-15-11-25(12-16-30)33(26-13-17-31(35)28(21-26)19-23-7-3-1-4-8-23)27-14-18-32(36)29(22-27)20-24-9-5-2-6-10-24/h11-18,21-24,33-36H,1-10,19-20H2. The van der Waals surface area contributed by atoms with Crippen molar-refractivity contribution in [2.24, 2.45) is 11.8 Å². The molecular formula is C33H40O3. The predicted molar refractivity (Wildman–Crippen MR) is 146 cm³/mol. The van der Waals surface area contributed by atoms with Crippen molar-refractivity contribution in [1.29, 1.82) is 0 Å². The van der Waals surface area contributed by atoms with Crippen molar-refractivity contribution in [3.05, 3.63) is 88.5 Å². The zero-order valence-electron chi connectivity index (χ0n) is 21.3. The van der Waals surface area contributed by atoms with E-state index >= 15 is 0 Å². The third-order valence-electron chi connectivity index (χ3n) is 8.57. The Kier molecular flexibility index (Phi) is 7.84. The van der Waals surface area contributed by atoms with Crippen LogP contribution >= 0.6 is 0 Å². The summed E-state index contributed by atoms with van der Waals surface area (Å²) in [5, 5.41) is 31.4. The van der Waals surface area contributed by atoms with E-state index in [4.69, 9.17) is 0 Å². The molecule has 3 heteroatoms. The molecule has 0 spiro atoms. The highest BCUT2D eigenvalue weighted by Crippen LogP contribution is 2.39. The van der Waals surface area contributed by atoms with Gasteiger partial charge in [-0.25, -0.2) is 0 Å². The highest BCUT2D eigenvalue weighted by atomic mass is 16.3. The van der Waals surface area contributed by atoms with Gasteiger partial charge in [-0.05, 0) is 76.8 Å². The van der Waals surface area contributed by atoms with Crippen molar-refractivity contribution < 1.29 is 15.3 Å². The molecule has 5 rings (SSSR count). The summed E-state index contributed by atoms with van der Waals surface area (Å²) in [5.41, 5.74) is 5.43. The smallest absolute Gasteiger partial charge is 0.118 e. The normalized spacial score (nSPS) is 17.5. The molecule has 0 saturated heterocycles. The summed E-state index contributed by atoms with van der Waals surface area (Å²) in [5.74, 6) is 2.27. The third-order valence-corrected chi connectivity index (χ3v) is 8.57. The van der Waals surface area contributed by atoms with Crippen LogP contribution in [0, 0.1) is 11.8 Å². The van der Waals surface area contributed by atoms with Gasteiger partial charge in [0.25, 0.3) is 0 Å². The average molecular weight is 485 g/mol. The van der Waals surface area contributed by atoms with Crippen molar-refractivity contribution in [1.82, 2.24) is 0 Å². The molecule has 2 saturated carbocycles. The zero-order valence-corrected chi connectivity index (χ0v) is 21.3. The average Bonchev–Trinajstić information content (AvgIpc) is 2.90. The molecule has 36 heavy (non-hydrogen) atoms. The van der Waals surface area contributed by atoms with Crippen LogP contribution < -0.4 is 0 Å². The van der Waals surface area contributed by atoms with E-state index < -0.39 is 0 Å². The van der Waals surface area contributed by atoms with Crippen LogP contribution in [0.5, 0.6) is 17.2 Å². The molecule has 0 bridgehead atoms. The number of hydrogen-bond donors (Lipinski definition) is 3. The molecule has 190 valence electrons. The van der Waals surface area contributed by atoms with Gasteiger partial charge in [0.15, 0.2) is 0 Å². The summed E-state index contributed by atoms with van der Waals surface area (Å²) in [4.78, 5) is 0. The molecule has 0 aromatic heterocycles. The largest absolute Gasteiger partial charge is 0.508 e. The van der Waals surface area contributed by atoms with E-state index in [2.05, 4.69) is 12.1 Å². The molecule has 0 aliphatic heterocycles. The Labute approximate surface area is 215 Å². The molecule has 0 atom stereocenters. The van der Waals surface area contributed by atoms with Gasteiger partial charge in [-0.1, -0.05) is 101 Å². The van der Waals surface area contributed by atoms with Gasteiger partial charge < -0.3 is 15.3 Å². The molecule has 3 aromatic rings. The summed E-state index contributed by atoms with van der Waals surface area (Å²) < 4.78 is 0. The molecule has 0 heterocycles. The fraction of sp³-hybridized carbons (Fsp3) is 0.455. The third kappa shape index (κ3) is 5.88. The molecular weight excluding hydrogens is 444 g/mol. The summed E-state index contributed by atoms with van der Waals surface area (Å²) in [6.07, 6.45) is 14.6. The second-order valence-electron chi connectivity index (χ2n) is 11.2. The lowest BCUT2D eigenvalue weighted by Gasteiger charge is -2.25. The van der Waals surface area contributed by atoms with Crippen LogP contribution in [0.25, 0.3) is 0 Å². The van der Waals surface area contributed by atoms with E-state index in [0.717, 1.165) is 40.7 Å². The maximum Gasteiger partial charge on any atom is 0.118 e. The SMILES string of the molecule is Oc1ccc(C(c2ccc(O)c(CC3CCCCC3)c2)c2ccc(O)c(CC3CCCCC3)c2)cc1. The number of phenolic OH excluding ortho intramolecular Hbond substituents is 3. The van der Waals surface area contributed by atoms with Gasteiger partial charge in [-0.3, -0.25) is 0 Å². The fourth-order valence-electron chi connectivity index (χ4n) is 6.55. The predicted octanol–water partition coefficient (Wildman–Crippen LogP) is 8.23. The van der Waals surface area contributed by atoms with Gasteiger partial charge in [0.1, 0.15) is 17.2 Å². The Hall–Kier alpha value is -2.94. The highest BCUT2D eigenvalue weighted by molar-refractivity contribution is 5.50. The van der Waals surface area contributed by atoms with Gasteiger partial charge in [-0.2, -0.15) is 0 Å². The first-order valence-corrected chi connectivity index (χ1v) is 14.0. The van der Waals surface area contributed by atoms with Crippen molar-refractivity contribution in [3.63, 3.8) is 0 Å². The lowest BCUT2D eigenvalue weighted by atomic mass is 9.80. The van der Waals surface area contributed by atoms with Crippen molar-refractivity contribution >= 4 is 0 Å². The molecule has 2 fully saturated rings. The van der Waals surface area contributed by atoms with Gasteiger partial charge in [0.05, 0.1) is 0 Å². The zero-order chi connectivity index (χ0) is 24.9. The molecule has 2 aliphatic rings. The molecule has 0 radical (unpaired) electrons. The van der Waals surface area contributed by atoms with E-state index in [9.17, 15) is 15.3 Å². The molecule has 3 nitrogen and oxygen atoms in total. The summed E-state index contributed by atoms with van der Waals surface area (Å²) in [7, 11) is 0. The Balaban J connectivity index is 1.51. The van der Waals surface area contributed by atoms with Crippen molar-refractivity contribution in [3.8, 4) is 17.2 Å². The maximum atomic E-state index is 10.7. The minimum atomic E-state index is -0.0398. The van der Waals surface area contributed by atoms with Crippen molar-refractivity contribution in [2.45, 2.75) is 83.0 Å². The van der Waals surface area contributed by atoms with Crippen LogP contribution in [0.15, 0.2) is 60.7 Å². The maximum absolute atomic E-state index is 10.7. The number of aromatic hydroxyl groups is 3. The second kappa shape index (κ2) is 11.4. The van der Waals surface area contributed by atoms with Gasteiger partial charge in [-0.15, -0.1) is 0 Å². The molecule has 0 unspecified atom stereocenters. The van der Waals surface area contributed by atoms with Gasteiger partial charge in [0.2, 0.25) is 0 Å². The Morgan fingerprint density at radius 1 is 0.528 bits per heavy atom. The number of hydrogen-bond acceptors (Lipinski definition) is 3. The number of benzene rings is 3. The van der Waals surface area contributed by atoms with E-state index in [1.165, 1.54) is 64.2 Å². The summed E-state index contributed by atoms with van der Waals surface area (Å²) in [6.45, 7) is 0. The fourth-order valence-corrected chi connectivity index (χ4v) is 6.55. The lowest BCUT2D eigenvalue weighted by Crippen LogP contribution is -2.11. The molecule has 0 amide bonds. The van der Waals surface area contributed by atoms with E-state index in [0.29, 0.717) is 23.3 Å². The minimum absolute atomic E-state index is 0.0398. The van der Waals surface area contributed by atoms with E-state index in [1.807, 2.05) is 36.4 Å². The summed E-state index contributed by atoms with van der Waals surface area (Å²) >= 11 is 0. The van der Waals surface area contributed by atoms with Crippen LogP contribution in [0.3, 0.4) is 0 Å². The van der Waals surface area contributed by atoms with Crippen LogP contribution in [-0.4, -0.2) is 15.3 Å². The quantitative estimate of drug-likeness (QED) is 0.296. The first kappa shape index (κ1) is 24.7. The lowest BCUT2D eigenvalue weighted by molar-refractivity contribution is 0.351. The molecule has 2 aliphatic carbocycles. The number of phenols is 3. The number of rotatable bonds is 7. The highest BCUT2D eigenvalue weighted by Gasteiger charge is 2.23. The van der Waals surface area contributed by atoms with Crippen LogP contribution in [0.2, 0.25) is 0 Å². The Morgan fingerprint density at radius 3 is 1.39 bits per heavy atom. The van der Waals surface area contributed by atoms with Gasteiger partial charge >= 0.3 is 0 Å². The van der Waals surface area contributed by atoms with E-state index in [1.54, 1.807) is 12.1 Å². The van der Waals surface area contributed by atoms with Crippen molar-refractivity contribution in [2.75, 3.05) is 0 Å². The van der Waals surface area contributed by atoms with Crippen LogP contribution in [0.1, 0.15) is 97.9 Å². The van der Waals surface area contributed by atoms with Crippen LogP contribution in [0.4, 0.5) is 0 Å². The monoisotopic (exact) mass is 484 g/mol. The first-order chi connectivity index (χ1) is 17.6. The molecule has 3 N–H and O–H groups in total. The first-order valence-electron chi connectivity index (χ1n) is 14.0. The molecule has 3 aromatic carbocycles. The Morgan fingerprint density at radius 2 is 0.944 bits per heavy atom. The Bertz CT molecular complexity index is 1070. The second-order valence-corrected chi connectivity index (χ2v) is 11.2. The van der Waals surface area contributed by atoms with Gasteiger partial charge in [0, 0.05) is 5.92 Å². The van der Waals surface area contributed by atoms with E-state index in [-0.39, 0.29) is 11.7 Å². The summed E-state index contributed by atoms with van der Waals surface area (Å²) in [6, 6.07) is 19.6.